The maximum Gasteiger partial charge on any atom is 0.387 e. The number of carboxylic acid groups (broad SMARTS) is 1. The first-order valence-corrected chi connectivity index (χ1v) is 18.8. The van der Waals surface area contributed by atoms with E-state index in [1.165, 1.54) is 12.1 Å². The highest BCUT2D eigenvalue weighted by molar-refractivity contribution is 5.85. The Morgan fingerprint density at radius 1 is 0.754 bits per heavy atom. The first kappa shape index (κ1) is 38.4. The van der Waals surface area contributed by atoms with Gasteiger partial charge in [0.2, 0.25) is 11.8 Å². The maximum atomic E-state index is 13.5. The van der Waals surface area contributed by atoms with Gasteiger partial charge in [0.1, 0.15) is 28.6 Å². The third-order valence-electron chi connectivity index (χ3n) is 11.1. The normalized spacial score (nSPS) is 17.8. The summed E-state index contributed by atoms with van der Waals surface area (Å²) in [6, 6.07) is 16.7. The van der Waals surface area contributed by atoms with Gasteiger partial charge in [0.05, 0.1) is 6.61 Å². The number of hydrogen-bond donors (Lipinski definition) is 2. The van der Waals surface area contributed by atoms with Crippen LogP contribution < -0.4 is 9.47 Å². The molecule has 57 heavy (non-hydrogen) atoms. The number of fused-ring (bicyclic) bond motifs is 2. The number of likely N-dealkylation sites (tertiary alicyclic amines) is 2. The fourth-order valence-corrected chi connectivity index (χ4v) is 8.25. The summed E-state index contributed by atoms with van der Waals surface area (Å²) in [7, 11) is 0. The minimum absolute atomic E-state index is 0.00619. The number of aromatic nitrogens is 2. The lowest BCUT2D eigenvalue weighted by atomic mass is 9.91. The van der Waals surface area contributed by atoms with Crippen molar-refractivity contribution in [3.8, 4) is 45.5 Å². The molecule has 0 saturated carbocycles. The van der Waals surface area contributed by atoms with Crippen molar-refractivity contribution in [2.45, 2.75) is 77.9 Å². The average Bonchev–Trinajstić information content (AvgIpc) is 3.98. The van der Waals surface area contributed by atoms with Crippen molar-refractivity contribution in [2.24, 2.45) is 0 Å². The quantitative estimate of drug-likeness (QED) is 0.109. The van der Waals surface area contributed by atoms with Gasteiger partial charge in [-0.05, 0) is 99.1 Å². The van der Waals surface area contributed by atoms with Crippen LogP contribution in [-0.4, -0.2) is 81.0 Å². The summed E-state index contributed by atoms with van der Waals surface area (Å²) in [6.07, 6.45) is 2.87. The molecule has 2 atom stereocenters. The van der Waals surface area contributed by atoms with Crippen LogP contribution in [0.15, 0.2) is 69.5 Å². The number of hydrogen-bond acceptors (Lipinski definition) is 10. The minimum atomic E-state index is -3.10. The van der Waals surface area contributed by atoms with Crippen LogP contribution in [0, 0.1) is 13.8 Å². The van der Waals surface area contributed by atoms with Crippen LogP contribution >= 0.6 is 0 Å². The lowest BCUT2D eigenvalue weighted by Crippen LogP contribution is -2.35. The van der Waals surface area contributed by atoms with Crippen molar-refractivity contribution in [2.75, 3.05) is 19.7 Å². The van der Waals surface area contributed by atoms with Crippen LogP contribution in [0.25, 0.3) is 56.2 Å². The molecule has 0 radical (unpaired) electrons. The molecule has 0 bridgehead atoms. The first-order chi connectivity index (χ1) is 27.5. The highest BCUT2D eigenvalue weighted by Gasteiger charge is 2.32. The molecule has 0 spiro atoms. The van der Waals surface area contributed by atoms with E-state index < -0.39 is 25.2 Å². The molecule has 8 rings (SSSR count). The molecule has 0 aliphatic carbocycles. The first-order valence-electron chi connectivity index (χ1n) is 18.8. The van der Waals surface area contributed by atoms with Gasteiger partial charge in [0, 0.05) is 53.5 Å². The van der Waals surface area contributed by atoms with Crippen molar-refractivity contribution in [1.82, 2.24) is 19.8 Å². The molecule has 0 unspecified atom stereocenters. The fraction of sp³-hybridized carbons (Fsp3) is 0.357. The van der Waals surface area contributed by atoms with Gasteiger partial charge < -0.3 is 28.5 Å². The Morgan fingerprint density at radius 2 is 1.23 bits per heavy atom. The predicted octanol–water partition coefficient (Wildman–Crippen LogP) is 8.80. The van der Waals surface area contributed by atoms with Gasteiger partial charge in [0.25, 0.3) is 0 Å². The Hall–Kier alpha value is -5.51. The summed E-state index contributed by atoms with van der Waals surface area (Å²) in [5, 5.41) is 19.5. The lowest BCUT2D eigenvalue weighted by Gasteiger charge is -2.23. The summed E-state index contributed by atoms with van der Waals surface area (Å²) >= 11 is 0. The maximum absolute atomic E-state index is 13.5. The van der Waals surface area contributed by atoms with E-state index in [0.29, 0.717) is 65.1 Å². The number of halogens is 4. The number of rotatable bonds is 13. The van der Waals surface area contributed by atoms with E-state index in [-0.39, 0.29) is 47.7 Å². The van der Waals surface area contributed by atoms with Crippen molar-refractivity contribution < 1.29 is 50.9 Å². The van der Waals surface area contributed by atoms with E-state index in [2.05, 4.69) is 4.90 Å². The van der Waals surface area contributed by atoms with E-state index in [0.717, 1.165) is 41.6 Å². The van der Waals surface area contributed by atoms with Gasteiger partial charge in [-0.3, -0.25) is 14.6 Å². The van der Waals surface area contributed by atoms with Crippen molar-refractivity contribution >= 4 is 28.2 Å². The van der Waals surface area contributed by atoms with Crippen LogP contribution in [0.4, 0.5) is 17.6 Å². The zero-order chi connectivity index (χ0) is 40.0. The van der Waals surface area contributed by atoms with Gasteiger partial charge in [0.15, 0.2) is 11.2 Å². The van der Waals surface area contributed by atoms with Gasteiger partial charge in [-0.2, -0.15) is 17.6 Å². The molecule has 2 aromatic heterocycles. The van der Waals surface area contributed by atoms with Gasteiger partial charge in [-0.1, -0.05) is 24.3 Å². The Morgan fingerprint density at radius 3 is 1.72 bits per heavy atom. The van der Waals surface area contributed by atoms with E-state index in [9.17, 15) is 32.6 Å². The molecule has 2 N–H and O–H groups in total. The second-order valence-electron chi connectivity index (χ2n) is 14.5. The topological polar surface area (TPSA) is 135 Å². The van der Waals surface area contributed by atoms with Gasteiger partial charge in [-0.15, -0.1) is 0 Å². The number of aliphatic carboxylic acids is 1. The highest BCUT2D eigenvalue weighted by Crippen LogP contribution is 2.40. The zero-order valence-electron chi connectivity index (χ0n) is 31.2. The monoisotopic (exact) mass is 788 g/mol. The second-order valence-corrected chi connectivity index (χ2v) is 14.5. The van der Waals surface area contributed by atoms with E-state index >= 15 is 0 Å². The third-order valence-corrected chi connectivity index (χ3v) is 11.1. The van der Waals surface area contributed by atoms with Crippen molar-refractivity contribution in [3.63, 3.8) is 0 Å². The third kappa shape index (κ3) is 7.66. The number of carboxylic acids is 1. The Labute approximate surface area is 324 Å². The molecular weight excluding hydrogens is 748 g/mol. The number of aliphatic hydroxyl groups is 1. The van der Waals surface area contributed by atoms with Crippen molar-refractivity contribution in [3.05, 3.63) is 82.9 Å². The summed E-state index contributed by atoms with van der Waals surface area (Å²) in [5.41, 5.74) is 7.06. The molecule has 11 nitrogen and oxygen atoms in total. The molecule has 2 saturated heterocycles. The van der Waals surface area contributed by atoms with Crippen LogP contribution in [0.3, 0.4) is 0 Å². The Balaban J connectivity index is 1.12. The number of ether oxygens (including phenoxy) is 2. The second kappa shape index (κ2) is 15.8. The van der Waals surface area contributed by atoms with E-state index in [1.807, 2.05) is 50.2 Å². The average molecular weight is 789 g/mol. The zero-order valence-corrected chi connectivity index (χ0v) is 31.2. The molecule has 2 aliphatic heterocycles. The van der Waals surface area contributed by atoms with E-state index in [4.69, 9.17) is 28.3 Å². The number of carbonyl (C=O) groups is 1. The lowest BCUT2D eigenvalue weighted by molar-refractivity contribution is -0.142. The molecular formula is C42H40F4N4O7. The number of aliphatic hydroxyl groups excluding tert-OH is 1. The molecule has 2 fully saturated rings. The Kier molecular flexibility index (Phi) is 10.6. The summed E-state index contributed by atoms with van der Waals surface area (Å²) in [4.78, 5) is 25.1. The summed E-state index contributed by atoms with van der Waals surface area (Å²) < 4.78 is 76.1. The molecule has 2 aliphatic rings. The van der Waals surface area contributed by atoms with Crippen LogP contribution in [0.1, 0.15) is 47.9 Å². The van der Waals surface area contributed by atoms with Crippen LogP contribution in [-0.2, 0) is 17.9 Å². The summed E-state index contributed by atoms with van der Waals surface area (Å²) in [6.45, 7) is -0.647. The van der Waals surface area contributed by atoms with Gasteiger partial charge in [-0.25, -0.2) is 9.97 Å². The van der Waals surface area contributed by atoms with Crippen molar-refractivity contribution in [1.29, 1.82) is 0 Å². The molecule has 4 aromatic carbocycles. The number of nitrogens with zero attached hydrogens (tertiary/aromatic N) is 4. The highest BCUT2D eigenvalue weighted by atomic mass is 19.3. The molecule has 298 valence electrons. The molecule has 6 aromatic rings. The molecule has 15 heteroatoms. The van der Waals surface area contributed by atoms with Crippen LogP contribution in [0.5, 0.6) is 11.5 Å². The van der Waals surface area contributed by atoms with Gasteiger partial charge >= 0.3 is 19.2 Å². The molecule has 0 amide bonds. The largest absolute Gasteiger partial charge is 0.480 e. The number of benzene rings is 4. The standard InChI is InChI=1S/C42H40F4N4O7/c1-22-27(8-3-10-29(22)38-47-31-15-24(19-49-13-5-7-26(49)21-51)34(56-41(43)44)17-36(31)54-38)28-9-4-11-30(23(28)2)39-48-32-16-25(20-50-14-6-12-33(50)40(52)53)35(57-42(45)46)18-37(32)55-39/h3-4,8-11,15-18,26,33,41-42,51H,5-7,12-14,19-21H2,1-2H3,(H,52,53)/t26-,33-/m0/s1. The number of oxazole rings is 2. The van der Waals surface area contributed by atoms with Crippen LogP contribution in [0.2, 0.25) is 0 Å². The van der Waals surface area contributed by atoms with E-state index in [1.54, 1.807) is 17.0 Å². The SMILES string of the molecule is Cc1c(-c2nc3cc(CN4CCC[C@H]4CO)c(OC(F)F)cc3o2)cccc1-c1cccc(-c2nc3cc(CN4CCC[C@H]4C(=O)O)c(OC(F)F)cc3o2)c1C. The smallest absolute Gasteiger partial charge is 0.387 e. The minimum Gasteiger partial charge on any atom is -0.480 e. The summed E-state index contributed by atoms with van der Waals surface area (Å²) in [5.74, 6) is -0.515. The Bertz CT molecular complexity index is 2450. The number of alkyl halides is 4. The molecule has 4 heterocycles. The fourth-order valence-electron chi connectivity index (χ4n) is 8.25. The predicted molar refractivity (Wildman–Crippen MR) is 202 cm³/mol.